The Morgan fingerprint density at radius 3 is 2.47 bits per heavy atom. The number of fused-ring (bicyclic) bond motifs is 3. The molecule has 192 valence electrons. The van der Waals surface area contributed by atoms with E-state index in [-0.39, 0.29) is 0 Å². The van der Waals surface area contributed by atoms with Crippen LogP contribution in [0.1, 0.15) is 43.2 Å². The molecule has 2 saturated heterocycles. The van der Waals surface area contributed by atoms with E-state index in [1.807, 2.05) is 18.5 Å². The number of hydrogen-bond acceptors (Lipinski definition) is 6. The van der Waals surface area contributed by atoms with Crippen LogP contribution in [0.3, 0.4) is 0 Å². The number of pyridine rings is 1. The van der Waals surface area contributed by atoms with E-state index in [9.17, 15) is 0 Å². The number of rotatable bonds is 7. The molecule has 0 amide bonds. The first-order chi connectivity index (χ1) is 18.7. The van der Waals surface area contributed by atoms with Gasteiger partial charge >= 0.3 is 0 Å². The second-order valence-electron chi connectivity index (χ2n) is 11.6. The Morgan fingerprint density at radius 2 is 1.68 bits per heavy atom. The fourth-order valence-electron chi connectivity index (χ4n) is 6.48. The molecule has 7 nitrogen and oxygen atoms in total. The summed E-state index contributed by atoms with van der Waals surface area (Å²) in [6.45, 7) is 0.906. The smallest absolute Gasteiger partial charge is 0.123 e. The van der Waals surface area contributed by atoms with Gasteiger partial charge in [-0.1, -0.05) is 36.4 Å². The van der Waals surface area contributed by atoms with Gasteiger partial charge in [-0.15, -0.1) is 0 Å². The van der Waals surface area contributed by atoms with Gasteiger partial charge in [0, 0.05) is 36.3 Å². The zero-order chi connectivity index (χ0) is 25.2. The van der Waals surface area contributed by atoms with Crippen LogP contribution < -0.4 is 21.7 Å². The van der Waals surface area contributed by atoms with Crippen LogP contribution in [0.15, 0.2) is 67.0 Å². The maximum atomic E-state index is 6.34. The molecule has 2 aromatic heterocycles. The van der Waals surface area contributed by atoms with E-state index in [4.69, 9.17) is 10.7 Å². The standard InChI is InChI=1S/C31H33N7/c32-24(15-33-14-23-10-21-11-27(21)35-23)26-8-6-20-9-19(5-7-25(20)36-26)17-1-3-18(4-2-17)30-16-34-31(38-30)29-13-22-12-28(22)37-29/h1-9,15-16,21-23,27-29,33,35,37H,10-14,32H2,(H,34,38)/b24-15-/t21-,22+,23-,27+,28+,29-/m0/s1. The zero-order valence-electron chi connectivity index (χ0n) is 21.3. The molecular weight excluding hydrogens is 470 g/mol. The minimum atomic E-state index is 0.375. The van der Waals surface area contributed by atoms with Crippen LogP contribution in [0.5, 0.6) is 0 Å². The van der Waals surface area contributed by atoms with Gasteiger partial charge in [-0.25, -0.2) is 9.97 Å². The van der Waals surface area contributed by atoms with Gasteiger partial charge in [-0.3, -0.25) is 0 Å². The lowest BCUT2D eigenvalue weighted by molar-refractivity contribution is 0.523. The molecule has 8 rings (SSSR count). The molecular formula is C31H33N7. The average Bonchev–Trinajstić information content (AvgIpc) is 3.64. The van der Waals surface area contributed by atoms with Crippen molar-refractivity contribution in [3.8, 4) is 22.4 Å². The Balaban J connectivity index is 0.948. The molecule has 0 unspecified atom stereocenters. The highest BCUT2D eigenvalue weighted by Crippen LogP contribution is 2.45. The molecule has 38 heavy (non-hydrogen) atoms. The normalized spacial score (nSPS) is 29.3. The summed E-state index contributed by atoms with van der Waals surface area (Å²) in [5, 5.41) is 11.8. The van der Waals surface area contributed by atoms with Gasteiger partial charge in [0.25, 0.3) is 0 Å². The Kier molecular flexibility index (Phi) is 5.10. The van der Waals surface area contributed by atoms with E-state index in [0.29, 0.717) is 17.8 Å². The van der Waals surface area contributed by atoms with Gasteiger partial charge in [-0.2, -0.15) is 0 Å². The van der Waals surface area contributed by atoms with Crippen molar-refractivity contribution in [1.82, 2.24) is 30.9 Å². The van der Waals surface area contributed by atoms with E-state index in [0.717, 1.165) is 64.1 Å². The Bertz CT molecular complexity index is 1520. The summed E-state index contributed by atoms with van der Waals surface area (Å²) >= 11 is 0. The lowest BCUT2D eigenvalue weighted by Gasteiger charge is -2.13. The summed E-state index contributed by atoms with van der Waals surface area (Å²) in [7, 11) is 0. The van der Waals surface area contributed by atoms with Gasteiger partial charge in [0.05, 0.1) is 34.8 Å². The van der Waals surface area contributed by atoms with Crippen molar-refractivity contribution in [3.05, 3.63) is 78.5 Å². The molecule has 4 heterocycles. The number of hydrogen-bond donors (Lipinski definition) is 5. The summed E-state index contributed by atoms with van der Waals surface area (Å²) in [5.74, 6) is 2.82. The predicted molar refractivity (Wildman–Crippen MR) is 151 cm³/mol. The van der Waals surface area contributed by atoms with E-state index < -0.39 is 0 Å². The van der Waals surface area contributed by atoms with Crippen molar-refractivity contribution in [1.29, 1.82) is 0 Å². The van der Waals surface area contributed by atoms with Crippen molar-refractivity contribution < 1.29 is 0 Å². The third kappa shape index (κ3) is 4.16. The summed E-state index contributed by atoms with van der Waals surface area (Å²) in [5.41, 5.74) is 13.3. The highest BCUT2D eigenvalue weighted by atomic mass is 15.1. The highest BCUT2D eigenvalue weighted by molar-refractivity contribution is 5.86. The minimum Gasteiger partial charge on any atom is -0.396 e. The average molecular weight is 504 g/mol. The first kappa shape index (κ1) is 22.3. The summed E-state index contributed by atoms with van der Waals surface area (Å²) in [4.78, 5) is 13.0. The van der Waals surface area contributed by atoms with Crippen LogP contribution in [-0.4, -0.2) is 39.6 Å². The number of benzene rings is 2. The van der Waals surface area contributed by atoms with Gasteiger partial charge in [0.1, 0.15) is 5.82 Å². The molecule has 0 spiro atoms. The first-order valence-electron chi connectivity index (χ1n) is 13.9. The molecule has 0 bridgehead atoms. The molecule has 0 radical (unpaired) electrons. The molecule has 2 aliphatic heterocycles. The van der Waals surface area contributed by atoms with Crippen molar-refractivity contribution in [2.45, 2.75) is 49.9 Å². The number of aromatic amines is 1. The van der Waals surface area contributed by atoms with Gasteiger partial charge < -0.3 is 26.7 Å². The topological polar surface area (TPSA) is 104 Å². The number of aromatic nitrogens is 3. The zero-order valence-corrected chi connectivity index (χ0v) is 21.3. The number of imidazole rings is 1. The maximum absolute atomic E-state index is 6.34. The molecule has 2 aromatic carbocycles. The SMILES string of the molecule is N/C(=C\NC[C@@H]1C[C@H]2C[C@H]2N1)c1ccc2cc(-c3ccc(-c4cnc([C@@H]5C[C@H]6C[C@H]6N5)[nH]4)cc3)ccc2n1. The molecule has 4 fully saturated rings. The molecule has 4 aliphatic rings. The van der Waals surface area contributed by atoms with Crippen LogP contribution in [0.4, 0.5) is 0 Å². The highest BCUT2D eigenvalue weighted by Gasteiger charge is 2.47. The summed E-state index contributed by atoms with van der Waals surface area (Å²) in [6, 6.07) is 21.6. The Morgan fingerprint density at radius 1 is 0.895 bits per heavy atom. The molecule has 2 saturated carbocycles. The van der Waals surface area contributed by atoms with Gasteiger partial charge in [0.2, 0.25) is 0 Å². The monoisotopic (exact) mass is 503 g/mol. The fourth-order valence-corrected chi connectivity index (χ4v) is 6.48. The number of piperidine rings is 2. The second-order valence-corrected chi connectivity index (χ2v) is 11.6. The number of nitrogens with two attached hydrogens (primary N) is 1. The van der Waals surface area contributed by atoms with Gasteiger partial charge in [0.15, 0.2) is 0 Å². The maximum Gasteiger partial charge on any atom is 0.123 e. The van der Waals surface area contributed by atoms with E-state index in [2.05, 4.69) is 74.4 Å². The summed E-state index contributed by atoms with van der Waals surface area (Å²) in [6.07, 6.45) is 9.01. The van der Waals surface area contributed by atoms with E-state index >= 15 is 0 Å². The van der Waals surface area contributed by atoms with Crippen molar-refractivity contribution in [3.63, 3.8) is 0 Å². The summed E-state index contributed by atoms with van der Waals surface area (Å²) < 4.78 is 0. The Labute approximate surface area is 222 Å². The number of nitrogens with one attached hydrogen (secondary N) is 4. The lowest BCUT2D eigenvalue weighted by atomic mass is 10.0. The number of nitrogens with zero attached hydrogens (tertiary/aromatic N) is 2. The Hall–Kier alpha value is -3.68. The first-order valence-corrected chi connectivity index (χ1v) is 13.9. The van der Waals surface area contributed by atoms with Crippen molar-refractivity contribution in [2.75, 3.05) is 6.54 Å². The third-order valence-electron chi connectivity index (χ3n) is 8.90. The fraction of sp³-hybridized carbons (Fsp3) is 0.355. The predicted octanol–water partition coefficient (Wildman–Crippen LogP) is 4.31. The molecule has 6 atom stereocenters. The van der Waals surface area contributed by atoms with Crippen LogP contribution in [0.2, 0.25) is 0 Å². The van der Waals surface area contributed by atoms with Crippen LogP contribution in [0, 0.1) is 11.8 Å². The minimum absolute atomic E-state index is 0.375. The van der Waals surface area contributed by atoms with E-state index in [1.165, 1.54) is 36.8 Å². The number of H-pyrrole nitrogens is 1. The van der Waals surface area contributed by atoms with Crippen LogP contribution in [0.25, 0.3) is 39.0 Å². The second kappa shape index (κ2) is 8.68. The molecule has 7 heteroatoms. The van der Waals surface area contributed by atoms with Crippen LogP contribution >= 0.6 is 0 Å². The van der Waals surface area contributed by atoms with Crippen molar-refractivity contribution >= 4 is 16.6 Å². The van der Waals surface area contributed by atoms with Crippen molar-refractivity contribution in [2.24, 2.45) is 17.6 Å². The largest absolute Gasteiger partial charge is 0.396 e. The molecule has 6 N–H and O–H groups in total. The third-order valence-corrected chi connectivity index (χ3v) is 8.90. The van der Waals surface area contributed by atoms with Gasteiger partial charge in [-0.05, 0) is 72.4 Å². The lowest BCUT2D eigenvalue weighted by Crippen LogP contribution is -2.34. The molecule has 4 aromatic rings. The van der Waals surface area contributed by atoms with E-state index in [1.54, 1.807) is 0 Å². The van der Waals surface area contributed by atoms with Crippen LogP contribution in [-0.2, 0) is 0 Å². The quantitative estimate of drug-likeness (QED) is 0.258. The molecule has 2 aliphatic carbocycles.